The summed E-state index contributed by atoms with van der Waals surface area (Å²) < 4.78 is 0. The van der Waals surface area contributed by atoms with E-state index in [1.807, 2.05) is 11.8 Å². The molecule has 2 aliphatic heterocycles. The second-order valence-electron chi connectivity index (χ2n) is 7.04. The molecule has 1 fully saturated rings. The summed E-state index contributed by atoms with van der Waals surface area (Å²) in [6.07, 6.45) is 5.56. The monoisotopic (exact) mass is 347 g/mol. The summed E-state index contributed by atoms with van der Waals surface area (Å²) in [6, 6.07) is 0. The van der Waals surface area contributed by atoms with E-state index in [0.29, 0.717) is 0 Å². The number of carbonyl (C=O) groups is 1. The quantitative estimate of drug-likeness (QED) is 0.799. The minimum atomic E-state index is -0.770. The van der Waals surface area contributed by atoms with Crippen LogP contribution in [0.4, 0.5) is 5.82 Å². The molecule has 3 rings (SSSR count). The second kappa shape index (κ2) is 8.58. The van der Waals surface area contributed by atoms with Crippen LogP contribution in [0.15, 0.2) is 0 Å². The smallest absolute Gasteiger partial charge is 0.317 e. The number of hydrogen-bond donors (Lipinski definition) is 2. The van der Waals surface area contributed by atoms with Gasteiger partial charge in [-0.1, -0.05) is 6.42 Å². The van der Waals surface area contributed by atoms with Gasteiger partial charge >= 0.3 is 5.97 Å². The molecule has 0 atom stereocenters. The van der Waals surface area contributed by atoms with Crippen LogP contribution in [0.2, 0.25) is 0 Å². The number of nitrogens with one attached hydrogen (secondary N) is 1. The largest absolute Gasteiger partial charge is 0.480 e. The Morgan fingerprint density at radius 2 is 1.84 bits per heavy atom. The molecular formula is C18H29N5O2. The van der Waals surface area contributed by atoms with Crippen LogP contribution in [0, 0.1) is 6.92 Å². The van der Waals surface area contributed by atoms with E-state index >= 15 is 0 Å². The van der Waals surface area contributed by atoms with E-state index in [1.54, 1.807) is 0 Å². The first kappa shape index (κ1) is 18.1. The number of aryl methyl sites for hydroxylation is 1. The van der Waals surface area contributed by atoms with Gasteiger partial charge in [-0.3, -0.25) is 9.69 Å². The number of rotatable bonds is 6. The number of nitrogens with zero attached hydrogens (tertiary/aromatic N) is 4. The molecule has 0 saturated carbocycles. The molecule has 0 bridgehead atoms. The fourth-order valence-electron chi connectivity index (χ4n) is 3.78. The molecule has 0 spiro atoms. The van der Waals surface area contributed by atoms with E-state index < -0.39 is 5.97 Å². The molecule has 1 saturated heterocycles. The Kier molecular flexibility index (Phi) is 6.20. The predicted octanol–water partition coefficient (Wildman–Crippen LogP) is 1.17. The summed E-state index contributed by atoms with van der Waals surface area (Å²) in [5.41, 5.74) is 2.23. The number of aliphatic carboxylic acids is 1. The van der Waals surface area contributed by atoms with Gasteiger partial charge in [0, 0.05) is 38.2 Å². The average molecular weight is 347 g/mol. The lowest BCUT2D eigenvalue weighted by molar-refractivity contribution is -0.138. The van der Waals surface area contributed by atoms with Crippen molar-refractivity contribution in [3.05, 3.63) is 17.1 Å². The fourth-order valence-corrected chi connectivity index (χ4v) is 3.78. The minimum absolute atomic E-state index is 0.0954. The number of likely N-dealkylation sites (tertiary alicyclic amines) is 1. The summed E-state index contributed by atoms with van der Waals surface area (Å²) in [5, 5.41) is 12.5. The van der Waals surface area contributed by atoms with E-state index in [1.165, 1.54) is 32.4 Å². The molecule has 138 valence electrons. The van der Waals surface area contributed by atoms with Crippen LogP contribution in [-0.4, -0.2) is 76.7 Å². The third-order valence-corrected chi connectivity index (χ3v) is 5.08. The van der Waals surface area contributed by atoms with Gasteiger partial charge in [0.25, 0.3) is 0 Å². The number of hydrogen-bond acceptors (Lipinski definition) is 6. The third-order valence-electron chi connectivity index (χ3n) is 5.08. The summed E-state index contributed by atoms with van der Waals surface area (Å²) in [4.78, 5) is 24.7. The van der Waals surface area contributed by atoms with Crippen LogP contribution in [-0.2, 0) is 17.6 Å². The summed E-state index contributed by atoms with van der Waals surface area (Å²) in [7, 11) is 0. The van der Waals surface area contributed by atoms with Gasteiger partial charge in [-0.15, -0.1) is 0 Å². The molecule has 0 radical (unpaired) electrons. The van der Waals surface area contributed by atoms with Gasteiger partial charge in [-0.2, -0.15) is 0 Å². The van der Waals surface area contributed by atoms with E-state index in [0.717, 1.165) is 61.9 Å². The highest BCUT2D eigenvalue weighted by atomic mass is 16.4. The number of carboxylic acids is 1. The average Bonchev–Trinajstić information content (AvgIpc) is 2.78. The van der Waals surface area contributed by atoms with Crippen molar-refractivity contribution in [3.8, 4) is 0 Å². The zero-order valence-electron chi connectivity index (χ0n) is 15.1. The van der Waals surface area contributed by atoms with E-state index in [-0.39, 0.29) is 6.54 Å². The van der Waals surface area contributed by atoms with Crippen LogP contribution < -0.4 is 5.32 Å². The molecule has 3 heterocycles. The van der Waals surface area contributed by atoms with Crippen molar-refractivity contribution in [1.29, 1.82) is 0 Å². The lowest BCUT2D eigenvalue weighted by Crippen LogP contribution is -2.34. The van der Waals surface area contributed by atoms with Crippen LogP contribution >= 0.6 is 0 Å². The SMILES string of the molecule is Cc1nc2c(c(NCCN3CCCCC3)n1)CCN(CC(=O)O)CC2. The van der Waals surface area contributed by atoms with Crippen molar-refractivity contribution >= 4 is 11.8 Å². The predicted molar refractivity (Wildman–Crippen MR) is 97.0 cm³/mol. The lowest BCUT2D eigenvalue weighted by Gasteiger charge is -2.26. The molecule has 0 aromatic carbocycles. The van der Waals surface area contributed by atoms with Crippen molar-refractivity contribution in [2.24, 2.45) is 0 Å². The normalized spacial score (nSPS) is 19.2. The standard InChI is InChI=1S/C18H29N5O2/c1-14-20-16-6-11-23(13-17(24)25)10-5-15(16)18(21-14)19-7-12-22-8-3-2-4-9-22/h2-13H2,1H3,(H,24,25)(H,19,20,21). The maximum Gasteiger partial charge on any atom is 0.317 e. The fraction of sp³-hybridized carbons (Fsp3) is 0.722. The first-order valence-corrected chi connectivity index (χ1v) is 9.38. The molecule has 7 nitrogen and oxygen atoms in total. The van der Waals surface area contributed by atoms with Gasteiger partial charge in [0.1, 0.15) is 11.6 Å². The number of aromatic nitrogens is 2. The van der Waals surface area contributed by atoms with Crippen molar-refractivity contribution in [2.45, 2.75) is 39.0 Å². The van der Waals surface area contributed by atoms with E-state index in [9.17, 15) is 4.79 Å². The van der Waals surface area contributed by atoms with Gasteiger partial charge < -0.3 is 15.3 Å². The van der Waals surface area contributed by atoms with Gasteiger partial charge in [-0.25, -0.2) is 9.97 Å². The zero-order chi connectivity index (χ0) is 17.6. The van der Waals surface area contributed by atoms with Gasteiger partial charge in [0.2, 0.25) is 0 Å². The molecule has 25 heavy (non-hydrogen) atoms. The number of anilines is 1. The minimum Gasteiger partial charge on any atom is -0.480 e. The number of fused-ring (bicyclic) bond motifs is 1. The van der Waals surface area contributed by atoms with Crippen LogP contribution in [0.5, 0.6) is 0 Å². The third kappa shape index (κ3) is 5.12. The second-order valence-corrected chi connectivity index (χ2v) is 7.04. The molecule has 1 aromatic heterocycles. The van der Waals surface area contributed by atoms with Crippen molar-refractivity contribution in [2.75, 3.05) is 51.1 Å². The first-order chi connectivity index (χ1) is 12.1. The lowest BCUT2D eigenvalue weighted by atomic mass is 10.1. The summed E-state index contributed by atoms with van der Waals surface area (Å²) in [5.74, 6) is 0.954. The molecule has 2 aliphatic rings. The molecule has 0 aliphatic carbocycles. The van der Waals surface area contributed by atoms with Crippen LogP contribution in [0.1, 0.15) is 36.3 Å². The Bertz CT molecular complexity index is 601. The molecule has 1 aromatic rings. The van der Waals surface area contributed by atoms with Crippen LogP contribution in [0.3, 0.4) is 0 Å². The highest BCUT2D eigenvalue weighted by molar-refractivity contribution is 5.69. The number of carboxylic acid groups (broad SMARTS) is 1. The van der Waals surface area contributed by atoms with Crippen molar-refractivity contribution in [1.82, 2.24) is 19.8 Å². The van der Waals surface area contributed by atoms with Gasteiger partial charge in [0.05, 0.1) is 12.2 Å². The topological polar surface area (TPSA) is 81.6 Å². The highest BCUT2D eigenvalue weighted by Gasteiger charge is 2.20. The maximum atomic E-state index is 11.0. The van der Waals surface area contributed by atoms with Gasteiger partial charge in [-0.05, 0) is 39.3 Å². The Balaban J connectivity index is 1.62. The Morgan fingerprint density at radius 3 is 2.60 bits per heavy atom. The van der Waals surface area contributed by atoms with Gasteiger partial charge in [0.15, 0.2) is 0 Å². The highest BCUT2D eigenvalue weighted by Crippen LogP contribution is 2.21. The maximum absolute atomic E-state index is 11.0. The molecule has 7 heteroatoms. The Morgan fingerprint density at radius 1 is 1.08 bits per heavy atom. The van der Waals surface area contributed by atoms with Crippen molar-refractivity contribution in [3.63, 3.8) is 0 Å². The zero-order valence-corrected chi connectivity index (χ0v) is 15.1. The first-order valence-electron chi connectivity index (χ1n) is 9.38. The molecule has 2 N–H and O–H groups in total. The Labute approximate surface area is 149 Å². The summed E-state index contributed by atoms with van der Waals surface area (Å²) >= 11 is 0. The molecule has 0 unspecified atom stereocenters. The molecular weight excluding hydrogens is 318 g/mol. The van der Waals surface area contributed by atoms with Crippen LogP contribution in [0.25, 0.3) is 0 Å². The Hall–Kier alpha value is -1.73. The summed E-state index contributed by atoms with van der Waals surface area (Å²) in [6.45, 7) is 7.84. The van der Waals surface area contributed by atoms with E-state index in [2.05, 4.69) is 20.2 Å². The van der Waals surface area contributed by atoms with Crippen molar-refractivity contribution < 1.29 is 9.90 Å². The van der Waals surface area contributed by atoms with E-state index in [4.69, 9.17) is 5.11 Å². The number of piperidine rings is 1. The molecule has 0 amide bonds.